The fraction of sp³-hybridized carbons (Fsp3) is 0.300. The van der Waals surface area contributed by atoms with Crippen LogP contribution >= 0.6 is 0 Å². The Morgan fingerprint density at radius 1 is 0.397 bits per heavy atom. The number of rotatable bonds is 19. The summed E-state index contributed by atoms with van der Waals surface area (Å²) in [6, 6.07) is 53.6. The molecule has 0 fully saturated rings. The molecule has 0 saturated heterocycles. The van der Waals surface area contributed by atoms with Crippen molar-refractivity contribution in [2.75, 3.05) is 0 Å². The van der Waals surface area contributed by atoms with Crippen LogP contribution in [-0.2, 0) is 12.8 Å². The van der Waals surface area contributed by atoms with E-state index in [1.165, 1.54) is 149 Å². The smallest absolute Gasteiger partial charge is 0.127 e. The molecule has 0 unspecified atom stereocenters. The monoisotopic (exact) mass is 829 g/mol. The van der Waals surface area contributed by atoms with Gasteiger partial charge in [-0.1, -0.05) is 169 Å². The Balaban J connectivity index is 1.28. The van der Waals surface area contributed by atoms with Crippen molar-refractivity contribution in [3.8, 4) is 34.0 Å². The van der Waals surface area contributed by atoms with E-state index in [-0.39, 0.29) is 0 Å². The molecule has 0 aliphatic rings. The Morgan fingerprint density at radius 2 is 0.873 bits per heavy atom. The summed E-state index contributed by atoms with van der Waals surface area (Å²) in [5, 5.41) is 5.59. The number of hydrogen-bond acceptors (Lipinski definition) is 1. The molecule has 63 heavy (non-hydrogen) atoms. The molecular formula is C60H64N2O. The first-order valence-electron chi connectivity index (χ1n) is 24.1. The Hall–Kier alpha value is -6.06. The zero-order valence-corrected chi connectivity index (χ0v) is 38.1. The highest BCUT2D eigenvalue weighted by atomic mass is 16.5. The topological polar surface area (TPSA) is 19.1 Å². The Labute approximate surface area is 375 Å². The van der Waals surface area contributed by atoms with E-state index in [2.05, 4.69) is 170 Å². The number of para-hydroxylation sites is 2. The maximum atomic E-state index is 6.24. The van der Waals surface area contributed by atoms with E-state index in [4.69, 9.17) is 4.74 Å². The fourth-order valence-electron chi connectivity index (χ4n) is 10.1. The number of fused-ring (bicyclic) bond motifs is 7. The van der Waals surface area contributed by atoms with Crippen LogP contribution in [0.2, 0.25) is 0 Å². The van der Waals surface area contributed by atoms with Crippen molar-refractivity contribution in [3.05, 3.63) is 168 Å². The van der Waals surface area contributed by atoms with Gasteiger partial charge < -0.3 is 13.9 Å². The summed E-state index contributed by atoms with van der Waals surface area (Å²) >= 11 is 0. The van der Waals surface area contributed by atoms with E-state index in [0.29, 0.717) is 0 Å². The molecule has 0 bridgehead atoms. The van der Waals surface area contributed by atoms with Gasteiger partial charge in [0, 0.05) is 32.9 Å². The fourth-order valence-corrected chi connectivity index (χ4v) is 10.1. The van der Waals surface area contributed by atoms with Crippen LogP contribution in [-0.4, -0.2) is 9.13 Å². The van der Waals surface area contributed by atoms with Crippen molar-refractivity contribution >= 4 is 43.6 Å². The normalized spacial score (nSPS) is 11.7. The lowest BCUT2D eigenvalue weighted by Gasteiger charge is -2.18. The third-order valence-corrected chi connectivity index (χ3v) is 13.3. The van der Waals surface area contributed by atoms with Gasteiger partial charge >= 0.3 is 0 Å². The first-order valence-corrected chi connectivity index (χ1v) is 24.1. The van der Waals surface area contributed by atoms with Crippen molar-refractivity contribution in [1.82, 2.24) is 9.13 Å². The molecule has 9 rings (SSSR count). The van der Waals surface area contributed by atoms with Gasteiger partial charge in [-0.05, 0) is 128 Å². The highest BCUT2D eigenvalue weighted by molar-refractivity contribution is 6.26. The van der Waals surface area contributed by atoms with E-state index in [1.807, 2.05) is 12.1 Å². The quantitative estimate of drug-likeness (QED) is 0.0743. The largest absolute Gasteiger partial charge is 0.457 e. The molecule has 0 aliphatic carbocycles. The van der Waals surface area contributed by atoms with Crippen LogP contribution in [0, 0.1) is 13.8 Å². The van der Waals surface area contributed by atoms with Crippen molar-refractivity contribution in [2.45, 2.75) is 118 Å². The van der Waals surface area contributed by atoms with Crippen molar-refractivity contribution in [2.24, 2.45) is 0 Å². The summed E-state index contributed by atoms with van der Waals surface area (Å²) in [7, 11) is 0. The second kappa shape index (κ2) is 19.5. The molecule has 3 nitrogen and oxygen atoms in total. The van der Waals surface area contributed by atoms with Crippen LogP contribution in [0.4, 0.5) is 0 Å². The number of hydrogen-bond donors (Lipinski definition) is 0. The highest BCUT2D eigenvalue weighted by Crippen LogP contribution is 2.47. The Kier molecular flexibility index (Phi) is 13.1. The summed E-state index contributed by atoms with van der Waals surface area (Å²) < 4.78 is 11.4. The first kappa shape index (κ1) is 42.3. The van der Waals surface area contributed by atoms with Crippen LogP contribution in [0.15, 0.2) is 146 Å². The zero-order chi connectivity index (χ0) is 43.1. The molecule has 7 aromatic carbocycles. The highest BCUT2D eigenvalue weighted by Gasteiger charge is 2.27. The van der Waals surface area contributed by atoms with E-state index < -0.39 is 0 Å². The molecule has 0 radical (unpaired) electrons. The minimum Gasteiger partial charge on any atom is -0.457 e. The second-order valence-corrected chi connectivity index (χ2v) is 18.0. The summed E-state index contributed by atoms with van der Waals surface area (Å²) in [4.78, 5) is 0. The van der Waals surface area contributed by atoms with Gasteiger partial charge in [0.1, 0.15) is 11.5 Å². The second-order valence-electron chi connectivity index (χ2n) is 18.0. The molecule has 0 saturated carbocycles. The molecule has 0 atom stereocenters. The maximum absolute atomic E-state index is 6.24. The molecule has 2 heterocycles. The number of ether oxygens (including phenoxy) is 1. The number of unbranched alkanes of at least 4 members (excludes halogenated alkanes) is 10. The molecule has 0 spiro atoms. The number of nitrogens with zero attached hydrogens (tertiary/aromatic N) is 2. The number of aromatic nitrogens is 2. The summed E-state index contributed by atoms with van der Waals surface area (Å²) in [6.45, 7) is 8.95. The first-order chi connectivity index (χ1) is 31.0. The van der Waals surface area contributed by atoms with Gasteiger partial charge in [-0.15, -0.1) is 0 Å². The van der Waals surface area contributed by atoms with Gasteiger partial charge in [0.25, 0.3) is 0 Å². The number of benzene rings is 7. The molecule has 9 aromatic rings. The Bertz CT molecular complexity index is 2960. The standard InChI is InChI=1S/C60H64N2O/c1-5-7-9-11-13-15-27-51-52(28-16-14-12-10-8-6-2)58-54-30-18-20-32-56(54)62(60(58)59-57(51)53-29-17-19-31-55(53)61(59)47-25-21-23-44(4)41-47)48-26-22-24-46(42-48)45-35-39-50(40-36-45)63-49-37-33-43(3)34-38-49/h17-26,29-42H,5-16,27-28H2,1-4H3. The van der Waals surface area contributed by atoms with Gasteiger partial charge in [0.2, 0.25) is 0 Å². The number of aryl methyl sites for hydroxylation is 4. The predicted molar refractivity (Wildman–Crippen MR) is 271 cm³/mol. The van der Waals surface area contributed by atoms with Crippen molar-refractivity contribution in [3.63, 3.8) is 0 Å². The molecule has 320 valence electrons. The van der Waals surface area contributed by atoms with Gasteiger partial charge in [0.15, 0.2) is 0 Å². The Morgan fingerprint density at radius 3 is 1.41 bits per heavy atom. The van der Waals surface area contributed by atoms with Gasteiger partial charge in [-0.25, -0.2) is 0 Å². The zero-order valence-electron chi connectivity index (χ0n) is 38.1. The maximum Gasteiger partial charge on any atom is 0.127 e. The SMILES string of the molecule is CCCCCCCCc1c(CCCCCCCC)c2c3ccccc3n(-c3cccc(-c4ccc(Oc5ccc(C)cc5)cc4)c3)c2c2c1c1ccccc1n2-c1cccc(C)c1. The molecule has 0 N–H and O–H groups in total. The lowest BCUT2D eigenvalue weighted by Crippen LogP contribution is -2.03. The predicted octanol–water partition coefficient (Wildman–Crippen LogP) is 17.8. The lowest BCUT2D eigenvalue weighted by molar-refractivity contribution is 0.482. The van der Waals surface area contributed by atoms with E-state index in [1.54, 1.807) is 11.1 Å². The van der Waals surface area contributed by atoms with Crippen LogP contribution in [0.3, 0.4) is 0 Å². The average Bonchev–Trinajstić information content (AvgIpc) is 3.84. The van der Waals surface area contributed by atoms with E-state index in [0.717, 1.165) is 29.9 Å². The lowest BCUT2D eigenvalue weighted by atomic mass is 9.88. The van der Waals surface area contributed by atoms with Gasteiger partial charge in [0.05, 0.1) is 22.1 Å². The summed E-state index contributed by atoms with van der Waals surface area (Å²) in [5.41, 5.74) is 15.6. The van der Waals surface area contributed by atoms with E-state index in [9.17, 15) is 0 Å². The average molecular weight is 829 g/mol. The third kappa shape index (κ3) is 8.81. The third-order valence-electron chi connectivity index (χ3n) is 13.3. The van der Waals surface area contributed by atoms with Gasteiger partial charge in [-0.3, -0.25) is 0 Å². The van der Waals surface area contributed by atoms with Crippen LogP contribution in [0.25, 0.3) is 66.1 Å². The summed E-state index contributed by atoms with van der Waals surface area (Å²) in [5.74, 6) is 1.68. The molecular weight excluding hydrogens is 765 g/mol. The minimum atomic E-state index is 0.835. The molecule has 2 aromatic heterocycles. The molecule has 0 amide bonds. The van der Waals surface area contributed by atoms with Crippen LogP contribution in [0.1, 0.15) is 113 Å². The molecule has 0 aliphatic heterocycles. The van der Waals surface area contributed by atoms with Crippen LogP contribution < -0.4 is 4.74 Å². The van der Waals surface area contributed by atoms with Crippen molar-refractivity contribution in [1.29, 1.82) is 0 Å². The summed E-state index contributed by atoms with van der Waals surface area (Å²) in [6.07, 6.45) is 17.7. The van der Waals surface area contributed by atoms with Crippen molar-refractivity contribution < 1.29 is 4.74 Å². The van der Waals surface area contributed by atoms with E-state index >= 15 is 0 Å². The van der Waals surface area contributed by atoms with Crippen LogP contribution in [0.5, 0.6) is 11.5 Å². The van der Waals surface area contributed by atoms with Gasteiger partial charge in [-0.2, -0.15) is 0 Å². The minimum absolute atomic E-state index is 0.835. The molecule has 3 heteroatoms.